The zero-order chi connectivity index (χ0) is 13.1. The van der Waals surface area contributed by atoms with Crippen LogP contribution in [0.4, 0.5) is 0 Å². The molecule has 2 rings (SSSR count). The molecule has 0 aliphatic carbocycles. The summed E-state index contributed by atoms with van der Waals surface area (Å²) < 4.78 is 0. The largest absolute Gasteiger partial charge is 0.337 e. The molecular formula is C14H27N3O. The first-order valence-electron chi connectivity index (χ1n) is 7.28. The Labute approximate surface area is 111 Å². The molecule has 104 valence electrons. The second-order valence-electron chi connectivity index (χ2n) is 6.14. The van der Waals surface area contributed by atoms with Crippen molar-refractivity contribution in [1.29, 1.82) is 0 Å². The van der Waals surface area contributed by atoms with Crippen molar-refractivity contribution in [2.24, 2.45) is 5.92 Å². The molecule has 4 nitrogen and oxygen atoms in total. The lowest BCUT2D eigenvalue weighted by molar-refractivity contribution is -0.136. The number of carbonyl (C=O) groups excluding carboxylic acids is 1. The van der Waals surface area contributed by atoms with E-state index in [1.165, 1.54) is 12.8 Å². The number of rotatable bonds is 3. The predicted octanol–water partition coefficient (Wildman–Crippen LogP) is 0.927. The molecule has 2 saturated heterocycles. The first kappa shape index (κ1) is 13.8. The van der Waals surface area contributed by atoms with Crippen molar-refractivity contribution in [2.75, 3.05) is 33.7 Å². The maximum absolute atomic E-state index is 12.6. The molecule has 0 bridgehead atoms. The molecule has 18 heavy (non-hydrogen) atoms. The fourth-order valence-electron chi connectivity index (χ4n) is 3.30. The van der Waals surface area contributed by atoms with Gasteiger partial charge in [-0.25, -0.2) is 0 Å². The van der Waals surface area contributed by atoms with Crippen LogP contribution >= 0.6 is 0 Å². The van der Waals surface area contributed by atoms with Crippen LogP contribution in [0.25, 0.3) is 0 Å². The van der Waals surface area contributed by atoms with Gasteiger partial charge in [0.2, 0.25) is 5.91 Å². The van der Waals surface area contributed by atoms with Crippen molar-refractivity contribution in [3.8, 4) is 0 Å². The average Bonchev–Trinajstić information content (AvgIpc) is 2.76. The molecule has 0 spiro atoms. The lowest BCUT2D eigenvalue weighted by Gasteiger charge is -2.35. The van der Waals surface area contributed by atoms with E-state index in [2.05, 4.69) is 36.1 Å². The van der Waals surface area contributed by atoms with Crippen molar-refractivity contribution in [1.82, 2.24) is 15.1 Å². The number of nitrogens with zero attached hydrogens (tertiary/aromatic N) is 2. The maximum atomic E-state index is 12.6. The lowest BCUT2D eigenvalue weighted by atomic mass is 9.91. The van der Waals surface area contributed by atoms with E-state index in [0.29, 0.717) is 17.9 Å². The highest BCUT2D eigenvalue weighted by Gasteiger charge is 2.36. The summed E-state index contributed by atoms with van der Waals surface area (Å²) in [5.74, 6) is 0.818. The summed E-state index contributed by atoms with van der Waals surface area (Å²) >= 11 is 0. The van der Waals surface area contributed by atoms with Gasteiger partial charge in [-0.2, -0.15) is 0 Å². The molecule has 3 unspecified atom stereocenters. The van der Waals surface area contributed by atoms with E-state index in [0.717, 1.165) is 32.5 Å². The number of piperidine rings is 1. The smallest absolute Gasteiger partial charge is 0.240 e. The number of likely N-dealkylation sites (N-methyl/N-ethyl adjacent to an activating group) is 1. The van der Waals surface area contributed by atoms with E-state index < -0.39 is 0 Å². The summed E-state index contributed by atoms with van der Waals surface area (Å²) in [5, 5.41) is 3.41. The van der Waals surface area contributed by atoms with Gasteiger partial charge in [-0.3, -0.25) is 4.79 Å². The van der Waals surface area contributed by atoms with Crippen LogP contribution in [0, 0.1) is 5.92 Å². The number of nitrogens with one attached hydrogen (secondary N) is 1. The van der Waals surface area contributed by atoms with Crippen molar-refractivity contribution in [3.05, 3.63) is 0 Å². The van der Waals surface area contributed by atoms with Crippen LogP contribution in [0.15, 0.2) is 0 Å². The van der Waals surface area contributed by atoms with Crippen molar-refractivity contribution in [2.45, 2.75) is 44.7 Å². The molecule has 0 radical (unpaired) electrons. The Morgan fingerprint density at radius 2 is 2.11 bits per heavy atom. The van der Waals surface area contributed by atoms with Crippen LogP contribution < -0.4 is 5.32 Å². The molecule has 4 heteroatoms. The standard InChI is InChI=1S/C14H27N3O/c1-11-6-4-8-15-13(11)14(18)17-9-5-7-12(17)10-16(2)3/h11-13,15H,4-10H2,1-3H3. The Morgan fingerprint density at radius 1 is 1.33 bits per heavy atom. The van der Waals surface area contributed by atoms with Crippen LogP contribution in [0.5, 0.6) is 0 Å². The predicted molar refractivity (Wildman–Crippen MR) is 73.5 cm³/mol. The Morgan fingerprint density at radius 3 is 2.78 bits per heavy atom. The first-order chi connectivity index (χ1) is 8.59. The zero-order valence-electron chi connectivity index (χ0n) is 12.0. The minimum atomic E-state index is 0.0570. The minimum Gasteiger partial charge on any atom is -0.337 e. The number of hydrogen-bond donors (Lipinski definition) is 1. The van der Waals surface area contributed by atoms with Gasteiger partial charge in [0.15, 0.2) is 0 Å². The third-order valence-electron chi connectivity index (χ3n) is 4.27. The molecule has 0 aromatic rings. The summed E-state index contributed by atoms with van der Waals surface area (Å²) in [6.45, 7) is 5.13. The van der Waals surface area contributed by atoms with Gasteiger partial charge >= 0.3 is 0 Å². The van der Waals surface area contributed by atoms with Gasteiger partial charge in [0.1, 0.15) is 0 Å². The van der Waals surface area contributed by atoms with Crippen LogP contribution in [-0.2, 0) is 4.79 Å². The Hall–Kier alpha value is -0.610. The van der Waals surface area contributed by atoms with Crippen LogP contribution in [0.1, 0.15) is 32.6 Å². The molecule has 1 amide bonds. The highest BCUT2D eigenvalue weighted by molar-refractivity contribution is 5.83. The monoisotopic (exact) mass is 253 g/mol. The second kappa shape index (κ2) is 6.02. The minimum absolute atomic E-state index is 0.0570. The summed E-state index contributed by atoms with van der Waals surface area (Å²) in [6, 6.07) is 0.477. The fourth-order valence-corrected chi connectivity index (χ4v) is 3.30. The fraction of sp³-hybridized carbons (Fsp3) is 0.929. The van der Waals surface area contributed by atoms with E-state index in [9.17, 15) is 4.79 Å². The van der Waals surface area contributed by atoms with E-state index in [4.69, 9.17) is 0 Å². The van der Waals surface area contributed by atoms with Gasteiger partial charge in [-0.15, -0.1) is 0 Å². The summed E-state index contributed by atoms with van der Waals surface area (Å²) in [4.78, 5) is 17.0. The number of carbonyl (C=O) groups is 1. The van der Waals surface area contributed by atoms with Crippen molar-refractivity contribution >= 4 is 5.91 Å². The lowest BCUT2D eigenvalue weighted by Crippen LogP contribution is -2.54. The molecule has 2 fully saturated rings. The van der Waals surface area contributed by atoms with Gasteiger partial charge in [0.05, 0.1) is 6.04 Å². The SMILES string of the molecule is CC1CCCNC1C(=O)N1CCCC1CN(C)C. The first-order valence-corrected chi connectivity index (χ1v) is 7.28. The third kappa shape index (κ3) is 3.04. The van der Waals surface area contributed by atoms with Crippen LogP contribution in [0.2, 0.25) is 0 Å². The number of hydrogen-bond acceptors (Lipinski definition) is 3. The highest BCUT2D eigenvalue weighted by atomic mass is 16.2. The molecule has 0 aromatic carbocycles. The molecule has 2 aliphatic heterocycles. The number of amides is 1. The van der Waals surface area contributed by atoms with Gasteiger partial charge in [0.25, 0.3) is 0 Å². The second-order valence-corrected chi connectivity index (χ2v) is 6.14. The molecular weight excluding hydrogens is 226 g/mol. The summed E-state index contributed by atoms with van der Waals surface area (Å²) in [6.07, 6.45) is 4.69. The van der Waals surface area contributed by atoms with Gasteiger partial charge < -0.3 is 15.1 Å². The summed E-state index contributed by atoms with van der Waals surface area (Å²) in [5.41, 5.74) is 0. The van der Waals surface area contributed by atoms with Gasteiger partial charge in [-0.05, 0) is 52.2 Å². The molecule has 2 heterocycles. The molecule has 1 N–H and O–H groups in total. The van der Waals surface area contributed by atoms with Crippen molar-refractivity contribution in [3.63, 3.8) is 0 Å². The molecule has 3 atom stereocenters. The Balaban J connectivity index is 1.98. The maximum Gasteiger partial charge on any atom is 0.240 e. The third-order valence-corrected chi connectivity index (χ3v) is 4.27. The molecule has 2 aliphatic rings. The quantitative estimate of drug-likeness (QED) is 0.812. The van der Waals surface area contributed by atoms with Crippen LogP contribution in [-0.4, -0.2) is 61.5 Å². The zero-order valence-corrected chi connectivity index (χ0v) is 12.0. The van der Waals surface area contributed by atoms with Crippen LogP contribution in [0.3, 0.4) is 0 Å². The van der Waals surface area contributed by atoms with Gasteiger partial charge in [-0.1, -0.05) is 6.92 Å². The van der Waals surface area contributed by atoms with E-state index in [1.54, 1.807) is 0 Å². The average molecular weight is 253 g/mol. The highest BCUT2D eigenvalue weighted by Crippen LogP contribution is 2.23. The van der Waals surface area contributed by atoms with Crippen molar-refractivity contribution < 1.29 is 4.79 Å². The van der Waals surface area contributed by atoms with Gasteiger partial charge in [0, 0.05) is 19.1 Å². The Kier molecular flexibility index (Phi) is 4.62. The summed E-state index contributed by atoms with van der Waals surface area (Å²) in [7, 11) is 4.17. The number of likely N-dealkylation sites (tertiary alicyclic amines) is 1. The molecule has 0 saturated carbocycles. The molecule has 0 aromatic heterocycles. The topological polar surface area (TPSA) is 35.6 Å². The normalized spacial score (nSPS) is 33.1. The van der Waals surface area contributed by atoms with E-state index in [-0.39, 0.29) is 6.04 Å². The van der Waals surface area contributed by atoms with E-state index >= 15 is 0 Å². The Bertz CT molecular complexity index is 293. The van der Waals surface area contributed by atoms with E-state index in [1.807, 2.05) is 0 Å².